The van der Waals surface area contributed by atoms with E-state index < -0.39 is 6.04 Å². The van der Waals surface area contributed by atoms with Crippen LogP contribution in [0.25, 0.3) is 10.8 Å². The van der Waals surface area contributed by atoms with Gasteiger partial charge in [-0.2, -0.15) is 0 Å². The largest absolute Gasteiger partial charge is 0.482 e. The maximum Gasteiger partial charge on any atom is 0.259 e. The summed E-state index contributed by atoms with van der Waals surface area (Å²) in [5, 5.41) is 8.25. The first-order chi connectivity index (χ1) is 14.3. The normalized spacial score (nSPS) is 11.6. The molecule has 30 heavy (non-hydrogen) atoms. The number of anilines is 2. The van der Waals surface area contributed by atoms with E-state index in [4.69, 9.17) is 4.74 Å². The molecule has 2 N–H and O–H groups in total. The van der Waals surface area contributed by atoms with Crippen LogP contribution in [0.3, 0.4) is 0 Å². The summed E-state index contributed by atoms with van der Waals surface area (Å²) >= 11 is 0. The number of carbonyl (C=O) groups is 2. The standard InChI is InChI=1S/C24H27N3O3/c1-16-12-13-21(22(14-16)30-15-23(28)27(3)4)25-17(2)24(29)26-20-11-7-9-18-8-5-6-10-19(18)20/h5-14,17,25H,15H2,1-4H3,(H,26,29). The molecular formula is C24H27N3O3. The van der Waals surface area contributed by atoms with Crippen LogP contribution in [0, 0.1) is 6.92 Å². The number of carbonyl (C=O) groups excluding carboxylic acids is 2. The Morgan fingerprint density at radius 1 is 1.00 bits per heavy atom. The molecule has 0 heterocycles. The zero-order valence-electron chi connectivity index (χ0n) is 17.7. The SMILES string of the molecule is Cc1ccc(NC(C)C(=O)Nc2cccc3ccccc23)c(OCC(=O)N(C)C)c1. The second-order valence-corrected chi connectivity index (χ2v) is 7.46. The van der Waals surface area contributed by atoms with Gasteiger partial charge < -0.3 is 20.3 Å². The number of nitrogens with one attached hydrogen (secondary N) is 2. The number of likely N-dealkylation sites (N-methyl/N-ethyl adjacent to an activating group) is 1. The number of rotatable bonds is 7. The monoisotopic (exact) mass is 405 g/mol. The average molecular weight is 405 g/mol. The minimum atomic E-state index is -0.515. The summed E-state index contributed by atoms with van der Waals surface area (Å²) in [5.41, 5.74) is 2.43. The first-order valence-corrected chi connectivity index (χ1v) is 9.84. The van der Waals surface area contributed by atoms with Gasteiger partial charge in [-0.15, -0.1) is 0 Å². The van der Waals surface area contributed by atoms with Crippen LogP contribution in [-0.4, -0.2) is 43.5 Å². The second kappa shape index (κ2) is 9.31. The number of hydrogen-bond donors (Lipinski definition) is 2. The zero-order chi connectivity index (χ0) is 21.7. The lowest BCUT2D eigenvalue weighted by Gasteiger charge is -2.19. The van der Waals surface area contributed by atoms with Crippen LogP contribution in [0.1, 0.15) is 12.5 Å². The van der Waals surface area contributed by atoms with Crippen LogP contribution in [0.2, 0.25) is 0 Å². The van der Waals surface area contributed by atoms with Gasteiger partial charge in [0.05, 0.1) is 5.69 Å². The van der Waals surface area contributed by atoms with Crippen molar-refractivity contribution in [3.63, 3.8) is 0 Å². The molecule has 1 atom stereocenters. The third kappa shape index (κ3) is 5.08. The molecular weight excluding hydrogens is 378 g/mol. The smallest absolute Gasteiger partial charge is 0.259 e. The predicted octanol–water partition coefficient (Wildman–Crippen LogP) is 4.05. The Bertz CT molecular complexity index is 1060. The molecule has 2 amide bonds. The molecule has 0 bridgehead atoms. The molecule has 0 saturated heterocycles. The summed E-state index contributed by atoms with van der Waals surface area (Å²) in [5.74, 6) is 0.237. The van der Waals surface area contributed by atoms with Gasteiger partial charge in [-0.05, 0) is 43.0 Å². The first kappa shape index (κ1) is 21.2. The van der Waals surface area contributed by atoms with E-state index in [9.17, 15) is 9.59 Å². The van der Waals surface area contributed by atoms with Gasteiger partial charge in [-0.25, -0.2) is 0 Å². The number of aryl methyl sites for hydroxylation is 1. The van der Waals surface area contributed by atoms with E-state index in [1.807, 2.05) is 67.6 Å². The Labute approximate surface area is 176 Å². The van der Waals surface area contributed by atoms with Crippen molar-refractivity contribution in [3.8, 4) is 5.75 Å². The van der Waals surface area contributed by atoms with Crippen LogP contribution in [0.15, 0.2) is 60.7 Å². The van der Waals surface area contributed by atoms with E-state index in [1.165, 1.54) is 4.90 Å². The molecule has 6 heteroatoms. The molecule has 0 radical (unpaired) electrons. The highest BCUT2D eigenvalue weighted by Gasteiger charge is 2.17. The molecule has 6 nitrogen and oxygen atoms in total. The fourth-order valence-electron chi connectivity index (χ4n) is 3.01. The number of nitrogens with zero attached hydrogens (tertiary/aromatic N) is 1. The van der Waals surface area contributed by atoms with Gasteiger partial charge in [0.25, 0.3) is 5.91 Å². The third-order valence-corrected chi connectivity index (χ3v) is 4.80. The van der Waals surface area contributed by atoms with Crippen molar-refractivity contribution in [2.75, 3.05) is 31.3 Å². The van der Waals surface area contributed by atoms with Crippen LogP contribution >= 0.6 is 0 Å². The predicted molar refractivity (Wildman–Crippen MR) is 121 cm³/mol. The van der Waals surface area contributed by atoms with E-state index in [1.54, 1.807) is 21.0 Å². The Morgan fingerprint density at radius 3 is 2.50 bits per heavy atom. The molecule has 0 fully saturated rings. The summed E-state index contributed by atoms with van der Waals surface area (Å²) in [7, 11) is 3.36. The van der Waals surface area contributed by atoms with E-state index in [0.717, 1.165) is 22.0 Å². The Hall–Kier alpha value is -3.54. The lowest BCUT2D eigenvalue weighted by molar-refractivity contribution is -0.130. The fraction of sp³-hybridized carbons (Fsp3) is 0.250. The van der Waals surface area contributed by atoms with Gasteiger partial charge in [-0.1, -0.05) is 42.5 Å². The molecule has 0 aliphatic rings. The zero-order valence-corrected chi connectivity index (χ0v) is 17.7. The lowest BCUT2D eigenvalue weighted by atomic mass is 10.1. The van der Waals surface area contributed by atoms with Crippen LogP contribution in [-0.2, 0) is 9.59 Å². The molecule has 3 aromatic rings. The molecule has 0 aliphatic carbocycles. The fourth-order valence-corrected chi connectivity index (χ4v) is 3.01. The molecule has 0 aromatic heterocycles. The van der Waals surface area contributed by atoms with Crippen molar-refractivity contribution in [1.29, 1.82) is 0 Å². The molecule has 3 aromatic carbocycles. The number of fused-ring (bicyclic) bond motifs is 1. The first-order valence-electron chi connectivity index (χ1n) is 9.84. The quantitative estimate of drug-likeness (QED) is 0.622. The third-order valence-electron chi connectivity index (χ3n) is 4.80. The van der Waals surface area contributed by atoms with Crippen molar-refractivity contribution in [2.45, 2.75) is 19.9 Å². The van der Waals surface area contributed by atoms with E-state index in [2.05, 4.69) is 10.6 Å². The maximum atomic E-state index is 12.8. The van der Waals surface area contributed by atoms with Crippen LogP contribution in [0.4, 0.5) is 11.4 Å². The minimum Gasteiger partial charge on any atom is -0.482 e. The summed E-state index contributed by atoms with van der Waals surface area (Å²) in [6.07, 6.45) is 0. The van der Waals surface area contributed by atoms with Gasteiger partial charge in [-0.3, -0.25) is 9.59 Å². The summed E-state index contributed by atoms with van der Waals surface area (Å²) in [6.45, 7) is 3.66. The van der Waals surface area contributed by atoms with E-state index in [0.29, 0.717) is 11.4 Å². The summed E-state index contributed by atoms with van der Waals surface area (Å²) in [6, 6.07) is 18.8. The van der Waals surface area contributed by atoms with Gasteiger partial charge in [0.15, 0.2) is 6.61 Å². The molecule has 1 unspecified atom stereocenters. The van der Waals surface area contributed by atoms with Gasteiger partial charge >= 0.3 is 0 Å². The maximum absolute atomic E-state index is 12.8. The highest BCUT2D eigenvalue weighted by atomic mass is 16.5. The van der Waals surface area contributed by atoms with Gasteiger partial charge in [0, 0.05) is 25.2 Å². The van der Waals surface area contributed by atoms with Crippen molar-refractivity contribution < 1.29 is 14.3 Å². The average Bonchev–Trinajstić information content (AvgIpc) is 2.73. The van der Waals surface area contributed by atoms with Crippen molar-refractivity contribution in [2.24, 2.45) is 0 Å². The van der Waals surface area contributed by atoms with E-state index >= 15 is 0 Å². The number of ether oxygens (including phenoxy) is 1. The van der Waals surface area contributed by atoms with Crippen LogP contribution in [0.5, 0.6) is 5.75 Å². The molecule has 0 spiro atoms. The lowest BCUT2D eigenvalue weighted by Crippen LogP contribution is -2.32. The minimum absolute atomic E-state index is 0.0677. The summed E-state index contributed by atoms with van der Waals surface area (Å²) in [4.78, 5) is 26.2. The van der Waals surface area contributed by atoms with Crippen molar-refractivity contribution in [3.05, 3.63) is 66.2 Å². The summed E-state index contributed by atoms with van der Waals surface area (Å²) < 4.78 is 5.71. The van der Waals surface area contributed by atoms with Gasteiger partial charge in [0.1, 0.15) is 11.8 Å². The molecule has 0 saturated carbocycles. The number of benzene rings is 3. The van der Waals surface area contributed by atoms with Crippen LogP contribution < -0.4 is 15.4 Å². The Balaban J connectivity index is 1.72. The number of amides is 2. The number of hydrogen-bond acceptors (Lipinski definition) is 4. The van der Waals surface area contributed by atoms with Gasteiger partial charge in [0.2, 0.25) is 5.91 Å². The molecule has 156 valence electrons. The highest BCUT2D eigenvalue weighted by Crippen LogP contribution is 2.27. The van der Waals surface area contributed by atoms with Crippen molar-refractivity contribution >= 4 is 34.0 Å². The topological polar surface area (TPSA) is 70.7 Å². The molecule has 0 aliphatic heterocycles. The van der Waals surface area contributed by atoms with E-state index in [-0.39, 0.29) is 18.4 Å². The van der Waals surface area contributed by atoms with Crippen molar-refractivity contribution in [1.82, 2.24) is 4.90 Å². The second-order valence-electron chi connectivity index (χ2n) is 7.46. The highest BCUT2D eigenvalue weighted by molar-refractivity contribution is 6.04. The Kier molecular flexibility index (Phi) is 6.57. The molecule has 3 rings (SSSR count). The Morgan fingerprint density at radius 2 is 1.73 bits per heavy atom.